The number of nitrogens with two attached hydrogens (primary N) is 1. The van der Waals surface area contributed by atoms with E-state index in [4.69, 9.17) is 15.2 Å². The van der Waals surface area contributed by atoms with Crippen LogP contribution in [0.4, 0.5) is 4.79 Å². The molecule has 32 heavy (non-hydrogen) atoms. The molecule has 0 bridgehead atoms. The van der Waals surface area contributed by atoms with Crippen molar-refractivity contribution >= 4 is 12.1 Å². The van der Waals surface area contributed by atoms with Crippen LogP contribution in [0, 0.1) is 0 Å². The molecule has 6 nitrogen and oxygen atoms in total. The van der Waals surface area contributed by atoms with Gasteiger partial charge in [-0.2, -0.15) is 0 Å². The van der Waals surface area contributed by atoms with Gasteiger partial charge < -0.3 is 15.2 Å². The van der Waals surface area contributed by atoms with E-state index < -0.39 is 11.8 Å². The number of fused-ring (bicyclic) bond motifs is 2. The van der Waals surface area contributed by atoms with Crippen LogP contribution in [-0.2, 0) is 26.3 Å². The first-order valence-electron chi connectivity index (χ1n) is 11.2. The summed E-state index contributed by atoms with van der Waals surface area (Å²) in [6, 6.07) is 17.8. The lowest BCUT2D eigenvalue weighted by molar-refractivity contribution is -0.147. The zero-order chi connectivity index (χ0) is 22.9. The van der Waals surface area contributed by atoms with Crippen LogP contribution < -0.4 is 5.73 Å². The molecule has 0 radical (unpaired) electrons. The van der Waals surface area contributed by atoms with Crippen LogP contribution in [0.15, 0.2) is 54.6 Å². The zero-order valence-electron chi connectivity index (χ0n) is 19.0. The molecular weight excluding hydrogens is 404 g/mol. The van der Waals surface area contributed by atoms with Crippen molar-refractivity contribution in [2.75, 3.05) is 6.54 Å². The van der Waals surface area contributed by atoms with Crippen molar-refractivity contribution in [3.05, 3.63) is 71.3 Å². The largest absolute Gasteiger partial charge is 0.460 e. The highest BCUT2D eigenvalue weighted by Gasteiger charge is 2.50. The molecule has 2 aromatic rings. The van der Waals surface area contributed by atoms with Crippen molar-refractivity contribution in [2.45, 2.75) is 69.7 Å². The van der Waals surface area contributed by atoms with E-state index in [1.165, 1.54) is 0 Å². The lowest BCUT2D eigenvalue weighted by atomic mass is 9.72. The summed E-state index contributed by atoms with van der Waals surface area (Å²) >= 11 is 0. The zero-order valence-corrected chi connectivity index (χ0v) is 19.0. The number of nitrogens with zero attached hydrogens (tertiary/aromatic N) is 1. The highest BCUT2D eigenvalue weighted by Crippen LogP contribution is 2.52. The number of likely N-dealkylation sites (tertiary alicyclic amines) is 1. The van der Waals surface area contributed by atoms with Crippen LogP contribution in [0.5, 0.6) is 0 Å². The molecule has 170 valence electrons. The van der Waals surface area contributed by atoms with Crippen molar-refractivity contribution in [3.8, 4) is 0 Å². The molecule has 1 saturated heterocycles. The average Bonchev–Trinajstić information content (AvgIpc) is 3.05. The maximum absolute atomic E-state index is 13.1. The molecule has 0 aromatic heterocycles. The molecule has 1 aliphatic carbocycles. The van der Waals surface area contributed by atoms with Crippen LogP contribution in [0.2, 0.25) is 0 Å². The van der Waals surface area contributed by atoms with Crippen molar-refractivity contribution in [1.29, 1.82) is 0 Å². The second-order valence-corrected chi connectivity index (χ2v) is 9.91. The number of esters is 1. The molecule has 1 heterocycles. The highest BCUT2D eigenvalue weighted by molar-refractivity contribution is 5.81. The molecule has 6 heteroatoms. The maximum Gasteiger partial charge on any atom is 0.411 e. The Kier molecular flexibility index (Phi) is 5.99. The third-order valence-electron chi connectivity index (χ3n) is 6.47. The molecule has 2 aromatic carbocycles. The number of carbonyl (C=O) groups is 2. The van der Waals surface area contributed by atoms with Gasteiger partial charge >= 0.3 is 12.1 Å². The first-order chi connectivity index (χ1) is 15.2. The van der Waals surface area contributed by atoms with Crippen LogP contribution in [0.25, 0.3) is 0 Å². The van der Waals surface area contributed by atoms with Gasteiger partial charge in [0, 0.05) is 12.0 Å². The number of rotatable bonds is 3. The standard InChI is InChI=1S/C26H32N2O4/c1-25(2,3)32-24(30)28-14-13-26(16-22(28)27)15-20(19-11-7-8-12-21(19)26)23(29)31-17-18-9-5-4-6-10-18/h4-12,20,22H,13-17,27H2,1-3H3. The van der Waals surface area contributed by atoms with E-state index in [2.05, 4.69) is 6.07 Å². The van der Waals surface area contributed by atoms with E-state index in [0.717, 1.165) is 23.1 Å². The fourth-order valence-corrected chi connectivity index (χ4v) is 5.02. The minimum absolute atomic E-state index is 0.207. The molecule has 1 fully saturated rings. The minimum atomic E-state index is -0.570. The molecular formula is C26H32N2O4. The average molecular weight is 437 g/mol. The lowest BCUT2D eigenvalue weighted by Gasteiger charge is -2.44. The number of amides is 1. The first-order valence-corrected chi connectivity index (χ1v) is 11.2. The monoisotopic (exact) mass is 436 g/mol. The lowest BCUT2D eigenvalue weighted by Crippen LogP contribution is -2.55. The molecule has 4 rings (SSSR count). The Hall–Kier alpha value is -2.86. The van der Waals surface area contributed by atoms with Crippen molar-refractivity contribution in [1.82, 2.24) is 4.90 Å². The smallest absolute Gasteiger partial charge is 0.411 e. The molecule has 3 atom stereocenters. The molecule has 3 unspecified atom stereocenters. The molecule has 0 saturated carbocycles. The molecule has 2 aliphatic rings. The summed E-state index contributed by atoms with van der Waals surface area (Å²) in [7, 11) is 0. The number of ether oxygens (including phenoxy) is 2. The Bertz CT molecular complexity index is 985. The number of carbonyl (C=O) groups excluding carboxylic acids is 2. The number of benzene rings is 2. The maximum atomic E-state index is 13.1. The van der Waals surface area contributed by atoms with Crippen LogP contribution in [0.1, 0.15) is 62.6 Å². The second kappa shape index (κ2) is 8.58. The SMILES string of the molecule is CC(C)(C)OC(=O)N1CCC2(CC(C(=O)OCc3ccccc3)c3ccccc32)CC1N. The second-order valence-electron chi connectivity index (χ2n) is 9.91. The summed E-state index contributed by atoms with van der Waals surface area (Å²) in [6.45, 7) is 6.30. The van der Waals surface area contributed by atoms with Crippen molar-refractivity contribution in [2.24, 2.45) is 5.73 Å². The molecule has 1 amide bonds. The third kappa shape index (κ3) is 4.51. The number of hydrogen-bond acceptors (Lipinski definition) is 5. The Morgan fingerprint density at radius 3 is 2.44 bits per heavy atom. The fraction of sp³-hybridized carbons (Fsp3) is 0.462. The summed E-state index contributed by atoms with van der Waals surface area (Å²) in [5.74, 6) is -0.531. The van der Waals surface area contributed by atoms with E-state index >= 15 is 0 Å². The Balaban J connectivity index is 1.50. The molecule has 1 spiro atoms. The van der Waals surface area contributed by atoms with E-state index in [9.17, 15) is 9.59 Å². The summed E-state index contributed by atoms with van der Waals surface area (Å²) in [4.78, 5) is 27.3. The van der Waals surface area contributed by atoms with E-state index in [1.807, 2.05) is 69.3 Å². The summed E-state index contributed by atoms with van der Waals surface area (Å²) in [5.41, 5.74) is 8.80. The van der Waals surface area contributed by atoms with Crippen LogP contribution >= 0.6 is 0 Å². The molecule has 1 aliphatic heterocycles. The Labute approximate surface area is 189 Å². The molecule has 2 N–H and O–H groups in total. The van der Waals surface area contributed by atoms with Gasteiger partial charge in [-0.25, -0.2) is 4.79 Å². The van der Waals surface area contributed by atoms with Crippen LogP contribution in [0.3, 0.4) is 0 Å². The van der Waals surface area contributed by atoms with E-state index in [0.29, 0.717) is 19.4 Å². The van der Waals surface area contributed by atoms with E-state index in [-0.39, 0.29) is 30.0 Å². The van der Waals surface area contributed by atoms with Gasteiger partial charge in [-0.15, -0.1) is 0 Å². The predicted molar refractivity (Wildman–Crippen MR) is 122 cm³/mol. The normalized spacial score (nSPS) is 24.8. The topological polar surface area (TPSA) is 81.9 Å². The van der Waals surface area contributed by atoms with Gasteiger partial charge in [0.05, 0.1) is 12.1 Å². The minimum Gasteiger partial charge on any atom is -0.460 e. The summed E-state index contributed by atoms with van der Waals surface area (Å²) in [5, 5.41) is 0. The Morgan fingerprint density at radius 2 is 1.75 bits per heavy atom. The third-order valence-corrected chi connectivity index (χ3v) is 6.47. The van der Waals surface area contributed by atoms with E-state index in [1.54, 1.807) is 4.90 Å². The summed E-state index contributed by atoms with van der Waals surface area (Å²) in [6.07, 6.45) is 1.12. The first kappa shape index (κ1) is 22.3. The summed E-state index contributed by atoms with van der Waals surface area (Å²) < 4.78 is 11.2. The Morgan fingerprint density at radius 1 is 1.06 bits per heavy atom. The van der Waals surface area contributed by atoms with Crippen molar-refractivity contribution < 1.29 is 19.1 Å². The van der Waals surface area contributed by atoms with Gasteiger partial charge in [-0.05, 0) is 56.7 Å². The highest BCUT2D eigenvalue weighted by atomic mass is 16.6. The van der Waals surface area contributed by atoms with Crippen LogP contribution in [-0.4, -0.2) is 35.3 Å². The van der Waals surface area contributed by atoms with Gasteiger partial charge in [-0.1, -0.05) is 54.6 Å². The van der Waals surface area contributed by atoms with Gasteiger partial charge in [0.15, 0.2) is 0 Å². The van der Waals surface area contributed by atoms with Gasteiger partial charge in [0.2, 0.25) is 0 Å². The van der Waals surface area contributed by atoms with Gasteiger partial charge in [0.25, 0.3) is 0 Å². The quantitative estimate of drug-likeness (QED) is 0.718. The number of hydrogen-bond donors (Lipinski definition) is 1. The predicted octanol–water partition coefficient (Wildman–Crippen LogP) is 4.47. The van der Waals surface area contributed by atoms with Gasteiger partial charge in [-0.3, -0.25) is 9.69 Å². The van der Waals surface area contributed by atoms with Gasteiger partial charge in [0.1, 0.15) is 12.2 Å². The van der Waals surface area contributed by atoms with Crippen molar-refractivity contribution in [3.63, 3.8) is 0 Å². The fourth-order valence-electron chi connectivity index (χ4n) is 5.02. The number of piperidine rings is 1.